The zero-order chi connectivity index (χ0) is 7.49. The topological polar surface area (TPSA) is 17.1 Å². The number of rotatable bonds is 3. The predicted octanol–water partition coefficient (Wildman–Crippen LogP) is 1.51. The van der Waals surface area contributed by atoms with Gasteiger partial charge in [-0.15, -0.1) is 0 Å². The van der Waals surface area contributed by atoms with Crippen LogP contribution in [0.2, 0.25) is 0 Å². The molecule has 0 aliphatic rings. The summed E-state index contributed by atoms with van der Waals surface area (Å²) < 4.78 is 0.306. The molecule has 0 saturated heterocycles. The van der Waals surface area contributed by atoms with Gasteiger partial charge in [-0.2, -0.15) is 0 Å². The van der Waals surface area contributed by atoms with Gasteiger partial charge in [0.05, 0.1) is 0 Å². The zero-order valence-corrected chi connectivity index (χ0v) is 8.56. The molecular weight excluding hydrogens is 228 g/mol. The van der Waals surface area contributed by atoms with Gasteiger partial charge in [-0.1, -0.05) is 0 Å². The Morgan fingerprint density at radius 1 is 1.56 bits per heavy atom. The molecule has 0 fully saturated rings. The van der Waals surface area contributed by atoms with E-state index < -0.39 is 0 Å². The van der Waals surface area contributed by atoms with Crippen molar-refractivity contribution in [2.45, 2.75) is 33.6 Å². The van der Waals surface area contributed by atoms with Crippen molar-refractivity contribution in [1.29, 1.82) is 0 Å². The van der Waals surface area contributed by atoms with Crippen molar-refractivity contribution in [2.75, 3.05) is 0 Å². The molecule has 0 N–H and O–H groups in total. The van der Waals surface area contributed by atoms with Crippen LogP contribution in [-0.2, 0) is 4.79 Å². The normalized spacial score (nSPS) is 11.4. The third kappa shape index (κ3) is 3.23. The first kappa shape index (κ1) is 9.46. The Bertz CT molecular complexity index is 107. The van der Waals surface area contributed by atoms with Crippen molar-refractivity contribution >= 4 is 26.1 Å². The van der Waals surface area contributed by atoms with Gasteiger partial charge >= 0.3 is 69.9 Å². The molecule has 0 saturated carbocycles. The summed E-state index contributed by atoms with van der Waals surface area (Å²) >= 11 is 1.59. The minimum atomic E-state index is -0.0841. The van der Waals surface area contributed by atoms with Crippen LogP contribution in [0.1, 0.15) is 33.6 Å². The molecule has 0 aromatic heterocycles. The fourth-order valence-electron chi connectivity index (χ4n) is 0.727. The summed E-state index contributed by atoms with van der Waals surface area (Å²) in [5.41, 5.74) is -0.0841. The number of hydrogen-bond acceptors (Lipinski definition) is 1. The van der Waals surface area contributed by atoms with Crippen LogP contribution in [0.15, 0.2) is 0 Å². The summed E-state index contributed by atoms with van der Waals surface area (Å²) in [5, 5.41) is 0. The molecule has 0 atom stereocenters. The van der Waals surface area contributed by atoms with Crippen LogP contribution in [0.3, 0.4) is 0 Å². The van der Waals surface area contributed by atoms with Crippen LogP contribution in [0.4, 0.5) is 0 Å². The van der Waals surface area contributed by atoms with E-state index in [9.17, 15) is 4.79 Å². The first-order valence-corrected chi connectivity index (χ1v) is 4.38. The van der Waals surface area contributed by atoms with E-state index >= 15 is 0 Å². The molecule has 0 spiro atoms. The van der Waals surface area contributed by atoms with Gasteiger partial charge in [0.1, 0.15) is 0 Å². The third-order valence-corrected chi connectivity index (χ3v) is 3.00. The Morgan fingerprint density at radius 3 is 2.11 bits per heavy atom. The molecule has 2 heteroatoms. The fourth-order valence-corrected chi connectivity index (χ4v) is 1.02. The van der Waals surface area contributed by atoms with Crippen LogP contribution in [-0.4, -0.2) is 26.1 Å². The Labute approximate surface area is 70.1 Å². The van der Waals surface area contributed by atoms with Crippen molar-refractivity contribution in [3.63, 3.8) is 0 Å². The first-order chi connectivity index (χ1) is 4.00. The summed E-state index contributed by atoms with van der Waals surface area (Å²) in [5.74, 6) is 0. The summed E-state index contributed by atoms with van der Waals surface area (Å²) in [6, 6.07) is 0. The molecule has 0 amide bonds. The summed E-state index contributed by atoms with van der Waals surface area (Å²) in [6.07, 6.45) is 2.10. The van der Waals surface area contributed by atoms with Gasteiger partial charge in [-0.05, 0) is 0 Å². The predicted molar refractivity (Wildman–Crippen MR) is 39.5 cm³/mol. The molecule has 1 radical (unpaired) electrons. The first-order valence-electron chi connectivity index (χ1n) is 3.22. The van der Waals surface area contributed by atoms with Crippen molar-refractivity contribution < 1.29 is 4.79 Å². The quantitative estimate of drug-likeness (QED) is 0.684. The SMILES string of the molecule is CCCC(C)(C)C(=O)[Te]. The van der Waals surface area contributed by atoms with E-state index in [-0.39, 0.29) is 5.41 Å². The molecule has 0 bridgehead atoms. The van der Waals surface area contributed by atoms with Gasteiger partial charge < -0.3 is 0 Å². The number of carbonyl (C=O) groups is 1. The van der Waals surface area contributed by atoms with E-state index in [1.807, 2.05) is 13.8 Å². The second-order valence-corrected chi connectivity index (χ2v) is 3.98. The van der Waals surface area contributed by atoms with Crippen LogP contribution in [0.5, 0.6) is 0 Å². The molecule has 0 heterocycles. The van der Waals surface area contributed by atoms with Gasteiger partial charge in [-0.25, -0.2) is 0 Å². The van der Waals surface area contributed by atoms with Gasteiger partial charge in [0.25, 0.3) is 0 Å². The zero-order valence-electron chi connectivity index (χ0n) is 6.23. The Morgan fingerprint density at radius 2 is 2.00 bits per heavy atom. The molecular formula is C7H13OTe. The average molecular weight is 241 g/mol. The van der Waals surface area contributed by atoms with Crippen molar-refractivity contribution in [1.82, 2.24) is 0 Å². The van der Waals surface area contributed by atoms with Crippen molar-refractivity contribution in [2.24, 2.45) is 5.41 Å². The van der Waals surface area contributed by atoms with E-state index in [0.717, 1.165) is 12.8 Å². The maximum atomic E-state index is 10.9. The minimum absolute atomic E-state index is 0.0841. The van der Waals surface area contributed by atoms with E-state index in [0.29, 0.717) is 3.83 Å². The van der Waals surface area contributed by atoms with E-state index in [1.165, 1.54) is 0 Å². The van der Waals surface area contributed by atoms with Crippen molar-refractivity contribution in [3.05, 3.63) is 0 Å². The van der Waals surface area contributed by atoms with Crippen LogP contribution >= 0.6 is 0 Å². The molecule has 0 aromatic rings. The van der Waals surface area contributed by atoms with Crippen molar-refractivity contribution in [3.8, 4) is 0 Å². The second-order valence-electron chi connectivity index (χ2n) is 2.92. The Hall–Kier alpha value is 0.460. The Kier molecular flexibility index (Phi) is 3.77. The van der Waals surface area contributed by atoms with Gasteiger partial charge in [-0.3, -0.25) is 0 Å². The van der Waals surface area contributed by atoms with E-state index in [4.69, 9.17) is 0 Å². The molecule has 0 aromatic carbocycles. The molecule has 0 aliphatic heterocycles. The van der Waals surface area contributed by atoms with Gasteiger partial charge in [0.15, 0.2) is 0 Å². The summed E-state index contributed by atoms with van der Waals surface area (Å²) in [7, 11) is 0. The van der Waals surface area contributed by atoms with E-state index in [1.54, 1.807) is 22.3 Å². The summed E-state index contributed by atoms with van der Waals surface area (Å²) in [4.78, 5) is 10.9. The molecule has 9 heavy (non-hydrogen) atoms. The average Bonchev–Trinajstić information content (AvgIpc) is 1.65. The monoisotopic (exact) mass is 243 g/mol. The molecule has 0 aliphatic carbocycles. The van der Waals surface area contributed by atoms with Crippen LogP contribution in [0.25, 0.3) is 0 Å². The van der Waals surface area contributed by atoms with Gasteiger partial charge in [0.2, 0.25) is 0 Å². The van der Waals surface area contributed by atoms with Gasteiger partial charge in [0, 0.05) is 0 Å². The molecule has 53 valence electrons. The standard InChI is InChI=1S/C7H13OTe/c1-4-5-7(2,3)6(8)9/h4-5H2,1-3H3. The summed E-state index contributed by atoms with van der Waals surface area (Å²) in [6.45, 7) is 6.11. The fraction of sp³-hybridized carbons (Fsp3) is 0.857. The number of hydrogen-bond donors (Lipinski definition) is 0. The Balaban J connectivity index is 3.85. The third-order valence-electron chi connectivity index (χ3n) is 1.43. The molecule has 0 rings (SSSR count). The number of carbonyl (C=O) groups excluding carboxylic acids is 1. The van der Waals surface area contributed by atoms with Crippen LogP contribution < -0.4 is 0 Å². The molecule has 1 nitrogen and oxygen atoms in total. The van der Waals surface area contributed by atoms with E-state index in [2.05, 4.69) is 6.92 Å². The molecule has 0 unspecified atom stereocenters. The van der Waals surface area contributed by atoms with Crippen LogP contribution in [0, 0.1) is 5.41 Å². The second kappa shape index (κ2) is 3.58. The maximum absolute atomic E-state index is 10.9.